The number of amides is 1. The summed E-state index contributed by atoms with van der Waals surface area (Å²) in [5, 5.41) is 11.8. The molecule has 2 rings (SSSR count). The minimum absolute atomic E-state index is 0.0524. The Labute approximate surface area is 120 Å². The lowest BCUT2D eigenvalue weighted by Gasteiger charge is -2.09. The van der Waals surface area contributed by atoms with Crippen LogP contribution in [0.25, 0.3) is 0 Å². The average molecular weight is 271 g/mol. The molecule has 2 N–H and O–H groups in total. The Morgan fingerprint density at radius 2 is 2.20 bits per heavy atom. The molecule has 0 aliphatic heterocycles. The fraction of sp³-hybridized carbons (Fsp3) is 0.471. The first kappa shape index (κ1) is 14.6. The SMILES string of the molecule is Cc1ccc(C#CCCO)c(NC(=O)C2CC2(C)C)c1. The lowest BCUT2D eigenvalue weighted by atomic mass is 10.1. The molecule has 1 fully saturated rings. The number of aliphatic hydroxyl groups excluding tert-OH is 1. The van der Waals surface area contributed by atoms with Crippen LogP contribution in [0.15, 0.2) is 18.2 Å². The summed E-state index contributed by atoms with van der Waals surface area (Å²) in [6, 6.07) is 5.82. The van der Waals surface area contributed by atoms with Gasteiger partial charge in [0.15, 0.2) is 0 Å². The smallest absolute Gasteiger partial charge is 0.228 e. The molecule has 1 unspecified atom stereocenters. The maximum Gasteiger partial charge on any atom is 0.228 e. The lowest BCUT2D eigenvalue weighted by Crippen LogP contribution is -2.17. The molecule has 0 radical (unpaired) electrons. The second kappa shape index (κ2) is 5.68. The monoisotopic (exact) mass is 271 g/mol. The molecule has 0 spiro atoms. The van der Waals surface area contributed by atoms with Crippen molar-refractivity contribution in [3.8, 4) is 11.8 Å². The number of hydrogen-bond donors (Lipinski definition) is 2. The zero-order chi connectivity index (χ0) is 14.8. The Kier molecular flexibility index (Phi) is 4.15. The predicted octanol–water partition coefficient (Wildman–Crippen LogP) is 2.71. The largest absolute Gasteiger partial charge is 0.395 e. The third-order valence-electron chi connectivity index (χ3n) is 3.72. The number of anilines is 1. The highest BCUT2D eigenvalue weighted by atomic mass is 16.2. The summed E-state index contributed by atoms with van der Waals surface area (Å²) in [7, 11) is 0. The summed E-state index contributed by atoms with van der Waals surface area (Å²) in [6.07, 6.45) is 1.38. The molecule has 1 aromatic rings. The van der Waals surface area contributed by atoms with E-state index < -0.39 is 0 Å². The van der Waals surface area contributed by atoms with E-state index >= 15 is 0 Å². The quantitative estimate of drug-likeness (QED) is 0.830. The van der Waals surface area contributed by atoms with Gasteiger partial charge in [-0.05, 0) is 36.5 Å². The van der Waals surface area contributed by atoms with Crippen molar-refractivity contribution in [2.75, 3.05) is 11.9 Å². The van der Waals surface area contributed by atoms with Crippen LogP contribution in [0.1, 0.15) is 37.8 Å². The number of carbonyl (C=O) groups excluding carboxylic acids is 1. The summed E-state index contributed by atoms with van der Waals surface area (Å²) < 4.78 is 0. The summed E-state index contributed by atoms with van der Waals surface area (Å²) in [5.41, 5.74) is 2.78. The van der Waals surface area contributed by atoms with Crippen LogP contribution in [0, 0.1) is 30.1 Å². The molecule has 20 heavy (non-hydrogen) atoms. The summed E-state index contributed by atoms with van der Waals surface area (Å²) in [4.78, 5) is 12.2. The van der Waals surface area contributed by atoms with Gasteiger partial charge in [0.2, 0.25) is 5.91 Å². The third kappa shape index (κ3) is 3.40. The molecular formula is C17H21NO2. The van der Waals surface area contributed by atoms with Gasteiger partial charge in [0.05, 0.1) is 12.3 Å². The van der Waals surface area contributed by atoms with E-state index in [4.69, 9.17) is 5.11 Å². The number of benzene rings is 1. The van der Waals surface area contributed by atoms with Crippen LogP contribution >= 0.6 is 0 Å². The lowest BCUT2D eigenvalue weighted by molar-refractivity contribution is -0.118. The molecule has 0 heterocycles. The fourth-order valence-electron chi connectivity index (χ4n) is 2.22. The van der Waals surface area contributed by atoms with E-state index in [1.165, 1.54) is 0 Å². The van der Waals surface area contributed by atoms with Gasteiger partial charge < -0.3 is 10.4 Å². The number of carbonyl (C=O) groups is 1. The minimum Gasteiger partial charge on any atom is -0.395 e. The Morgan fingerprint density at radius 3 is 2.80 bits per heavy atom. The fourth-order valence-corrected chi connectivity index (χ4v) is 2.22. The highest BCUT2D eigenvalue weighted by Gasteiger charge is 2.50. The van der Waals surface area contributed by atoms with Crippen molar-refractivity contribution in [1.29, 1.82) is 0 Å². The number of nitrogens with one attached hydrogen (secondary N) is 1. The maximum absolute atomic E-state index is 12.2. The van der Waals surface area contributed by atoms with Crippen LogP contribution in [0.3, 0.4) is 0 Å². The molecule has 1 aliphatic carbocycles. The van der Waals surface area contributed by atoms with Gasteiger partial charge in [-0.25, -0.2) is 0 Å². The molecular weight excluding hydrogens is 250 g/mol. The second-order valence-electron chi connectivity index (χ2n) is 6.06. The molecule has 106 valence electrons. The van der Waals surface area contributed by atoms with E-state index in [0.717, 1.165) is 23.2 Å². The Balaban J connectivity index is 2.16. The summed E-state index contributed by atoms with van der Waals surface area (Å²) in [5.74, 6) is 6.07. The summed E-state index contributed by atoms with van der Waals surface area (Å²) >= 11 is 0. The highest BCUT2D eigenvalue weighted by Crippen LogP contribution is 2.52. The van der Waals surface area contributed by atoms with Gasteiger partial charge in [0, 0.05) is 17.9 Å². The van der Waals surface area contributed by atoms with Crippen molar-refractivity contribution in [2.45, 2.75) is 33.6 Å². The molecule has 0 bridgehead atoms. The van der Waals surface area contributed by atoms with Crippen molar-refractivity contribution >= 4 is 11.6 Å². The van der Waals surface area contributed by atoms with Gasteiger partial charge in [0.1, 0.15) is 0 Å². The first-order chi connectivity index (χ1) is 9.44. The topological polar surface area (TPSA) is 49.3 Å². The van der Waals surface area contributed by atoms with Crippen molar-refractivity contribution in [3.05, 3.63) is 29.3 Å². The molecule has 0 saturated heterocycles. The Hall–Kier alpha value is -1.79. The van der Waals surface area contributed by atoms with E-state index in [-0.39, 0.29) is 23.8 Å². The predicted molar refractivity (Wildman–Crippen MR) is 80.3 cm³/mol. The van der Waals surface area contributed by atoms with Gasteiger partial charge in [-0.3, -0.25) is 4.79 Å². The van der Waals surface area contributed by atoms with Gasteiger partial charge in [0.25, 0.3) is 0 Å². The molecule has 0 aromatic heterocycles. The highest BCUT2D eigenvalue weighted by molar-refractivity contribution is 5.96. The van der Waals surface area contributed by atoms with Crippen LogP contribution in [0.2, 0.25) is 0 Å². The maximum atomic E-state index is 12.2. The van der Waals surface area contributed by atoms with Gasteiger partial charge in [-0.15, -0.1) is 0 Å². The van der Waals surface area contributed by atoms with Crippen molar-refractivity contribution < 1.29 is 9.90 Å². The van der Waals surface area contributed by atoms with Crippen molar-refractivity contribution in [3.63, 3.8) is 0 Å². The van der Waals surface area contributed by atoms with Crippen molar-refractivity contribution in [2.24, 2.45) is 11.3 Å². The number of hydrogen-bond acceptors (Lipinski definition) is 2. The molecule has 1 amide bonds. The van der Waals surface area contributed by atoms with Crippen LogP contribution in [0.4, 0.5) is 5.69 Å². The zero-order valence-corrected chi connectivity index (χ0v) is 12.3. The van der Waals surface area contributed by atoms with Gasteiger partial charge in [-0.1, -0.05) is 31.8 Å². The van der Waals surface area contributed by atoms with Crippen LogP contribution in [-0.2, 0) is 4.79 Å². The number of aryl methyl sites for hydroxylation is 1. The molecule has 3 nitrogen and oxygen atoms in total. The Bertz CT molecular complexity index is 578. The third-order valence-corrected chi connectivity index (χ3v) is 3.72. The summed E-state index contributed by atoms with van der Waals surface area (Å²) in [6.45, 7) is 6.25. The first-order valence-electron chi connectivity index (χ1n) is 6.95. The molecule has 3 heteroatoms. The van der Waals surface area contributed by atoms with E-state index in [0.29, 0.717) is 6.42 Å². The molecule has 1 atom stereocenters. The van der Waals surface area contributed by atoms with E-state index in [2.05, 4.69) is 31.0 Å². The minimum atomic E-state index is 0.0524. The van der Waals surface area contributed by atoms with Crippen LogP contribution < -0.4 is 5.32 Å². The van der Waals surface area contributed by atoms with E-state index in [1.807, 2.05) is 25.1 Å². The normalized spacial score (nSPS) is 18.9. The second-order valence-corrected chi connectivity index (χ2v) is 6.06. The van der Waals surface area contributed by atoms with Gasteiger partial charge in [-0.2, -0.15) is 0 Å². The zero-order valence-electron chi connectivity index (χ0n) is 12.3. The average Bonchev–Trinajstić information content (AvgIpc) is 3.01. The van der Waals surface area contributed by atoms with Gasteiger partial charge >= 0.3 is 0 Å². The van der Waals surface area contributed by atoms with E-state index in [9.17, 15) is 4.79 Å². The van der Waals surface area contributed by atoms with Crippen LogP contribution in [-0.4, -0.2) is 17.6 Å². The first-order valence-corrected chi connectivity index (χ1v) is 6.95. The Morgan fingerprint density at radius 1 is 1.50 bits per heavy atom. The standard InChI is InChI=1S/C17H21NO2/c1-12-7-8-13(6-4-5-9-19)15(10-12)18-16(20)14-11-17(14,2)3/h7-8,10,14,19H,5,9,11H2,1-3H3,(H,18,20). The number of aliphatic hydroxyl groups is 1. The van der Waals surface area contributed by atoms with E-state index in [1.54, 1.807) is 0 Å². The number of rotatable bonds is 3. The van der Waals surface area contributed by atoms with Crippen LogP contribution in [0.5, 0.6) is 0 Å². The molecule has 1 saturated carbocycles. The van der Waals surface area contributed by atoms with Crippen molar-refractivity contribution in [1.82, 2.24) is 0 Å². The molecule has 1 aliphatic rings. The molecule has 1 aromatic carbocycles.